The van der Waals surface area contributed by atoms with Crippen molar-refractivity contribution in [3.05, 3.63) is 191 Å². The number of hydrogen-bond donors (Lipinski definition) is 1. The summed E-state index contributed by atoms with van der Waals surface area (Å²) in [5.74, 6) is -0.394. The largest absolute Gasteiger partial charge is 0.378 e. The smallest absolute Gasteiger partial charge is 0.251 e. The predicted octanol–water partition coefficient (Wildman–Crippen LogP) is 9.69. The summed E-state index contributed by atoms with van der Waals surface area (Å²) in [5.41, 5.74) is 6.36. The summed E-state index contributed by atoms with van der Waals surface area (Å²) in [6.45, 7) is 1.97. The van der Waals surface area contributed by atoms with Crippen LogP contribution < -0.4 is 5.32 Å². The van der Waals surface area contributed by atoms with Crippen LogP contribution in [0.1, 0.15) is 64.0 Å². The molecule has 1 N–H and O–H groups in total. The lowest BCUT2D eigenvalue weighted by atomic mass is 9.77. The number of ether oxygens (including phenoxy) is 1. The number of rotatable bonds is 10. The highest BCUT2D eigenvalue weighted by atomic mass is 19.1. The third-order valence-corrected chi connectivity index (χ3v) is 11.0. The van der Waals surface area contributed by atoms with E-state index in [-0.39, 0.29) is 17.8 Å². The molecule has 270 valence electrons. The third kappa shape index (κ3) is 6.49. The number of hydrogen-bond acceptors (Lipinski definition) is 4. The molecule has 54 heavy (non-hydrogen) atoms. The lowest BCUT2D eigenvalue weighted by molar-refractivity contribution is -0.0468. The van der Waals surface area contributed by atoms with Crippen LogP contribution >= 0.6 is 0 Å². The predicted molar refractivity (Wildman–Crippen MR) is 212 cm³/mol. The summed E-state index contributed by atoms with van der Waals surface area (Å²) >= 11 is 0. The number of aromatic nitrogens is 3. The van der Waals surface area contributed by atoms with Crippen molar-refractivity contribution < 1.29 is 13.9 Å². The molecule has 7 aromatic rings. The van der Waals surface area contributed by atoms with Crippen LogP contribution in [0.25, 0.3) is 22.2 Å². The van der Waals surface area contributed by atoms with Crippen LogP contribution in [0, 0.1) is 12.7 Å². The highest BCUT2D eigenvalue weighted by molar-refractivity contribution is 6.02. The van der Waals surface area contributed by atoms with E-state index < -0.39 is 11.1 Å². The van der Waals surface area contributed by atoms with Crippen molar-refractivity contribution in [1.29, 1.82) is 0 Å². The summed E-state index contributed by atoms with van der Waals surface area (Å²) in [7, 11) is 1.69. The van der Waals surface area contributed by atoms with Gasteiger partial charge in [-0.05, 0) is 91.3 Å². The number of fused-ring (bicyclic) bond motifs is 1. The Morgan fingerprint density at radius 2 is 1.48 bits per heavy atom. The minimum atomic E-state index is -0.851. The minimum absolute atomic E-state index is 0.124. The van der Waals surface area contributed by atoms with Crippen molar-refractivity contribution in [2.75, 3.05) is 7.11 Å². The second-order valence-electron chi connectivity index (χ2n) is 14.4. The maximum atomic E-state index is 14.7. The molecule has 1 fully saturated rings. The van der Waals surface area contributed by atoms with Gasteiger partial charge in [0.1, 0.15) is 17.1 Å². The van der Waals surface area contributed by atoms with Crippen LogP contribution in [0.4, 0.5) is 4.39 Å². The molecule has 1 aliphatic rings. The van der Waals surface area contributed by atoms with E-state index >= 15 is 0 Å². The summed E-state index contributed by atoms with van der Waals surface area (Å²) in [5, 5.41) is 9.68. The molecule has 2 heterocycles. The zero-order valence-electron chi connectivity index (χ0n) is 30.6. The maximum Gasteiger partial charge on any atom is 0.251 e. The number of benzene rings is 5. The molecule has 1 saturated carbocycles. The average Bonchev–Trinajstić information content (AvgIpc) is 3.60. The number of amides is 1. The van der Waals surface area contributed by atoms with Gasteiger partial charge in [0.15, 0.2) is 0 Å². The van der Waals surface area contributed by atoms with Crippen LogP contribution in [0.5, 0.6) is 0 Å². The van der Waals surface area contributed by atoms with Crippen LogP contribution in [0.15, 0.2) is 152 Å². The lowest BCUT2D eigenvalue weighted by Crippen LogP contribution is -2.48. The molecule has 0 bridgehead atoms. The second kappa shape index (κ2) is 14.8. The number of pyridine rings is 1. The van der Waals surface area contributed by atoms with E-state index in [0.29, 0.717) is 24.0 Å². The Balaban J connectivity index is 1.25. The van der Waals surface area contributed by atoms with E-state index in [2.05, 4.69) is 87.8 Å². The number of aryl methyl sites for hydroxylation is 1. The Morgan fingerprint density at radius 3 is 2.09 bits per heavy atom. The van der Waals surface area contributed by atoms with Crippen molar-refractivity contribution in [3.63, 3.8) is 0 Å². The molecule has 1 amide bonds. The van der Waals surface area contributed by atoms with Gasteiger partial charge in [0.05, 0.1) is 11.1 Å². The van der Waals surface area contributed by atoms with Gasteiger partial charge in [0, 0.05) is 48.0 Å². The van der Waals surface area contributed by atoms with E-state index in [1.807, 2.05) is 67.6 Å². The van der Waals surface area contributed by atoms with Gasteiger partial charge in [-0.25, -0.2) is 9.07 Å². The Labute approximate surface area is 315 Å². The Kier molecular flexibility index (Phi) is 9.65. The Bertz CT molecular complexity index is 2300. The molecule has 0 spiro atoms. The maximum absolute atomic E-state index is 14.7. The van der Waals surface area contributed by atoms with Gasteiger partial charge in [-0.3, -0.25) is 9.78 Å². The van der Waals surface area contributed by atoms with E-state index in [4.69, 9.17) is 9.84 Å². The van der Waals surface area contributed by atoms with Gasteiger partial charge in [-0.15, -0.1) is 0 Å². The topological polar surface area (TPSA) is 69.0 Å². The van der Waals surface area contributed by atoms with Crippen LogP contribution in [0.2, 0.25) is 0 Å². The summed E-state index contributed by atoms with van der Waals surface area (Å²) in [4.78, 5) is 18.7. The van der Waals surface area contributed by atoms with Gasteiger partial charge in [-0.2, -0.15) is 5.10 Å². The molecule has 8 rings (SSSR count). The molecule has 0 aliphatic heterocycles. The standard InChI is InChI=1S/C47H43FN4O2/c1-33-29-34(26-28-49-33)44-41-30-35(45(53)50-40-22-14-27-46(32-40,54-2)31-36-15-12-13-23-42(36)48)24-25-43(41)52(51-44)47(37-16-6-3-7-17-37,38-18-8-4-9-19-38)39-20-10-5-11-21-39/h3-13,15-21,23-26,28-30,40H,14,22,27,31-32H2,1-2H3,(H,50,53). The summed E-state index contributed by atoms with van der Waals surface area (Å²) in [6, 6.07) is 48.1. The van der Waals surface area contributed by atoms with Gasteiger partial charge in [0.2, 0.25) is 0 Å². The molecule has 2 atom stereocenters. The van der Waals surface area contributed by atoms with Crippen LogP contribution in [-0.4, -0.2) is 39.4 Å². The van der Waals surface area contributed by atoms with Crippen LogP contribution in [-0.2, 0) is 16.7 Å². The van der Waals surface area contributed by atoms with Crippen molar-refractivity contribution >= 4 is 16.8 Å². The SMILES string of the molecule is COC1(Cc2ccccc2F)CCCC(NC(=O)c2ccc3c(c2)c(-c2ccnc(C)c2)nn3C(c2ccccc2)(c2ccccc2)c2ccccc2)C1. The normalized spacial score (nSPS) is 17.4. The monoisotopic (exact) mass is 714 g/mol. The van der Waals surface area contributed by atoms with Gasteiger partial charge in [0.25, 0.3) is 5.91 Å². The molecule has 7 heteroatoms. The Morgan fingerprint density at radius 1 is 0.852 bits per heavy atom. The summed E-state index contributed by atoms with van der Waals surface area (Å²) < 4.78 is 22.9. The molecule has 2 aromatic heterocycles. The number of halogens is 1. The number of nitrogens with one attached hydrogen (secondary N) is 1. The summed E-state index contributed by atoms with van der Waals surface area (Å²) in [6.07, 6.45) is 5.34. The van der Waals surface area contributed by atoms with Crippen molar-refractivity contribution in [3.8, 4) is 11.3 Å². The molecule has 0 saturated heterocycles. The van der Waals surface area contributed by atoms with E-state index in [9.17, 15) is 9.18 Å². The highest BCUT2D eigenvalue weighted by Crippen LogP contribution is 2.44. The molecule has 2 unspecified atom stereocenters. The Hall–Kier alpha value is -5.92. The van der Waals surface area contributed by atoms with E-state index in [1.54, 1.807) is 19.4 Å². The average molecular weight is 715 g/mol. The fourth-order valence-corrected chi connectivity index (χ4v) is 8.45. The third-order valence-electron chi connectivity index (χ3n) is 11.0. The lowest BCUT2D eigenvalue weighted by Gasteiger charge is -2.40. The van der Waals surface area contributed by atoms with E-state index in [0.717, 1.165) is 63.8 Å². The molecule has 1 aliphatic carbocycles. The molecular formula is C47H43FN4O2. The fourth-order valence-electron chi connectivity index (χ4n) is 8.45. The molecular weight excluding hydrogens is 672 g/mol. The van der Waals surface area contributed by atoms with Gasteiger partial charge in [-0.1, -0.05) is 109 Å². The first-order valence-corrected chi connectivity index (χ1v) is 18.6. The second-order valence-corrected chi connectivity index (χ2v) is 14.4. The first kappa shape index (κ1) is 35.1. The van der Waals surface area contributed by atoms with Crippen molar-refractivity contribution in [2.24, 2.45) is 0 Å². The number of carbonyl (C=O) groups is 1. The number of carbonyl (C=O) groups excluding carboxylic acids is 1. The first-order valence-electron chi connectivity index (χ1n) is 18.6. The first-order chi connectivity index (χ1) is 26.4. The molecule has 0 radical (unpaired) electrons. The zero-order chi connectivity index (χ0) is 37.1. The van der Waals surface area contributed by atoms with Crippen LogP contribution in [0.3, 0.4) is 0 Å². The number of nitrogens with zero attached hydrogens (tertiary/aromatic N) is 3. The van der Waals surface area contributed by atoms with Crippen molar-refractivity contribution in [1.82, 2.24) is 20.1 Å². The van der Waals surface area contributed by atoms with Gasteiger partial charge >= 0.3 is 0 Å². The number of methoxy groups -OCH3 is 1. The van der Waals surface area contributed by atoms with Gasteiger partial charge < -0.3 is 10.1 Å². The zero-order valence-corrected chi connectivity index (χ0v) is 30.6. The molecule has 6 nitrogen and oxygen atoms in total. The highest BCUT2D eigenvalue weighted by Gasteiger charge is 2.41. The minimum Gasteiger partial charge on any atom is -0.378 e. The molecule has 5 aromatic carbocycles. The quantitative estimate of drug-likeness (QED) is 0.143. The van der Waals surface area contributed by atoms with Crippen molar-refractivity contribution in [2.45, 2.75) is 56.2 Å². The van der Waals surface area contributed by atoms with E-state index in [1.165, 1.54) is 6.07 Å². The fraction of sp³-hybridized carbons (Fsp3) is 0.213.